The van der Waals surface area contributed by atoms with Gasteiger partial charge in [0.15, 0.2) is 11.5 Å². The van der Waals surface area contributed by atoms with E-state index < -0.39 is 11.2 Å². The van der Waals surface area contributed by atoms with E-state index in [1.54, 1.807) is 43.5 Å². The van der Waals surface area contributed by atoms with Crippen molar-refractivity contribution in [2.75, 3.05) is 14.2 Å². The first-order valence-electron chi connectivity index (χ1n) is 8.23. The molecule has 7 nitrogen and oxygen atoms in total. The Kier molecular flexibility index (Phi) is 5.21. The third-order valence-electron chi connectivity index (χ3n) is 4.05. The third-order valence-corrected chi connectivity index (χ3v) is 4.05. The smallest absolute Gasteiger partial charge is 0.349 e. The number of benzene rings is 2. The van der Waals surface area contributed by atoms with Crippen LogP contribution in [-0.4, -0.2) is 30.1 Å². The Labute approximate surface area is 155 Å². The molecule has 0 saturated heterocycles. The number of nitrogens with one attached hydrogen (secondary N) is 1. The van der Waals surface area contributed by atoms with Crippen LogP contribution in [0.15, 0.2) is 63.7 Å². The molecular formula is C20H19N3O4. The number of aromatic amines is 1. The highest BCUT2D eigenvalue weighted by molar-refractivity contribution is 5.82. The van der Waals surface area contributed by atoms with Crippen molar-refractivity contribution in [3.63, 3.8) is 0 Å². The van der Waals surface area contributed by atoms with Crippen molar-refractivity contribution in [1.29, 1.82) is 0 Å². The normalized spacial score (nSPS) is 11.0. The standard InChI is InChI=1S/C20H19N3O4/c1-4-7-14-10-13(11-17(26-2)18(14)27-3)12-21-23-19(24)15-8-5-6-9-16(15)22-20(23)25/h4-6,8-12H,1,7H2,2-3H3,(H,22,25). The monoisotopic (exact) mass is 365 g/mol. The molecule has 0 bridgehead atoms. The highest BCUT2D eigenvalue weighted by Crippen LogP contribution is 2.32. The zero-order valence-corrected chi connectivity index (χ0v) is 15.1. The van der Waals surface area contributed by atoms with E-state index in [0.717, 1.165) is 10.2 Å². The van der Waals surface area contributed by atoms with E-state index >= 15 is 0 Å². The van der Waals surface area contributed by atoms with Gasteiger partial charge in [-0.25, -0.2) is 4.79 Å². The number of aromatic nitrogens is 2. The van der Waals surface area contributed by atoms with Gasteiger partial charge in [-0.05, 0) is 36.2 Å². The number of fused-ring (bicyclic) bond motifs is 1. The number of para-hydroxylation sites is 1. The summed E-state index contributed by atoms with van der Waals surface area (Å²) in [6.45, 7) is 3.74. The second-order valence-corrected chi connectivity index (χ2v) is 5.75. The summed E-state index contributed by atoms with van der Waals surface area (Å²) >= 11 is 0. The summed E-state index contributed by atoms with van der Waals surface area (Å²) in [4.78, 5) is 27.4. The molecule has 1 aromatic heterocycles. The molecule has 27 heavy (non-hydrogen) atoms. The number of methoxy groups -OCH3 is 2. The average molecular weight is 365 g/mol. The van der Waals surface area contributed by atoms with E-state index in [-0.39, 0.29) is 0 Å². The lowest BCUT2D eigenvalue weighted by atomic mass is 10.1. The van der Waals surface area contributed by atoms with Crippen LogP contribution in [0.25, 0.3) is 10.9 Å². The van der Waals surface area contributed by atoms with Crippen LogP contribution in [0.2, 0.25) is 0 Å². The van der Waals surface area contributed by atoms with Crippen LogP contribution in [-0.2, 0) is 6.42 Å². The van der Waals surface area contributed by atoms with Crippen LogP contribution in [0.4, 0.5) is 0 Å². The molecule has 0 saturated carbocycles. The summed E-state index contributed by atoms with van der Waals surface area (Å²) in [7, 11) is 3.10. The summed E-state index contributed by atoms with van der Waals surface area (Å²) in [6.07, 6.45) is 3.74. The number of allylic oxidation sites excluding steroid dienone is 1. The zero-order valence-electron chi connectivity index (χ0n) is 15.1. The maximum Gasteiger partial charge on any atom is 0.349 e. The summed E-state index contributed by atoms with van der Waals surface area (Å²) in [5.74, 6) is 1.13. The van der Waals surface area contributed by atoms with Crippen LogP contribution < -0.4 is 20.7 Å². The Hall–Kier alpha value is -3.61. The van der Waals surface area contributed by atoms with E-state index in [1.807, 2.05) is 6.07 Å². The van der Waals surface area contributed by atoms with Gasteiger partial charge in [0.1, 0.15) is 0 Å². The van der Waals surface area contributed by atoms with Crippen molar-refractivity contribution in [1.82, 2.24) is 9.66 Å². The van der Waals surface area contributed by atoms with Crippen molar-refractivity contribution < 1.29 is 9.47 Å². The second kappa shape index (κ2) is 7.74. The van der Waals surface area contributed by atoms with Gasteiger partial charge in [0, 0.05) is 5.56 Å². The quantitative estimate of drug-likeness (QED) is 0.537. The van der Waals surface area contributed by atoms with Gasteiger partial charge in [0.25, 0.3) is 5.56 Å². The lowest BCUT2D eigenvalue weighted by Gasteiger charge is -2.13. The Balaban J connectivity index is 2.10. The topological polar surface area (TPSA) is 85.7 Å². The van der Waals surface area contributed by atoms with E-state index in [2.05, 4.69) is 16.7 Å². The Morgan fingerprint density at radius 1 is 1.19 bits per heavy atom. The van der Waals surface area contributed by atoms with E-state index in [9.17, 15) is 9.59 Å². The van der Waals surface area contributed by atoms with Crippen LogP contribution >= 0.6 is 0 Å². The molecule has 2 aromatic carbocycles. The maximum atomic E-state index is 12.5. The van der Waals surface area contributed by atoms with Gasteiger partial charge in [-0.15, -0.1) is 11.3 Å². The van der Waals surface area contributed by atoms with Crippen molar-refractivity contribution in [2.24, 2.45) is 5.10 Å². The highest BCUT2D eigenvalue weighted by Gasteiger charge is 2.11. The van der Waals surface area contributed by atoms with E-state index in [4.69, 9.17) is 9.47 Å². The third kappa shape index (κ3) is 3.52. The molecular weight excluding hydrogens is 346 g/mol. The van der Waals surface area contributed by atoms with Crippen LogP contribution in [0.5, 0.6) is 11.5 Å². The molecule has 7 heteroatoms. The molecule has 0 aliphatic heterocycles. The number of H-pyrrole nitrogens is 1. The lowest BCUT2D eigenvalue weighted by Crippen LogP contribution is -2.32. The molecule has 3 aromatic rings. The molecule has 0 radical (unpaired) electrons. The fourth-order valence-electron chi connectivity index (χ4n) is 2.83. The number of rotatable bonds is 6. The van der Waals surface area contributed by atoms with Gasteiger partial charge in [-0.3, -0.25) is 4.79 Å². The molecule has 0 aliphatic carbocycles. The first kappa shape index (κ1) is 18.2. The van der Waals surface area contributed by atoms with Crippen LogP contribution in [0.3, 0.4) is 0 Å². The Bertz CT molecular complexity index is 1140. The number of ether oxygens (including phenoxy) is 2. The Morgan fingerprint density at radius 3 is 2.67 bits per heavy atom. The van der Waals surface area contributed by atoms with Crippen molar-refractivity contribution in [3.05, 3.63) is 81.0 Å². The minimum atomic E-state index is -0.609. The molecule has 0 aliphatic rings. The number of hydrogen-bond acceptors (Lipinski definition) is 5. The molecule has 0 amide bonds. The molecule has 138 valence electrons. The Morgan fingerprint density at radius 2 is 1.96 bits per heavy atom. The summed E-state index contributed by atoms with van der Waals surface area (Å²) in [6, 6.07) is 10.3. The molecule has 1 heterocycles. The molecule has 0 atom stereocenters. The molecule has 1 N–H and O–H groups in total. The zero-order chi connectivity index (χ0) is 19.4. The predicted octanol–water partition coefficient (Wildman–Crippen LogP) is 2.32. The average Bonchev–Trinajstić information content (AvgIpc) is 2.67. The summed E-state index contributed by atoms with van der Waals surface area (Å²) in [5.41, 5.74) is 0.884. The second-order valence-electron chi connectivity index (χ2n) is 5.75. The van der Waals surface area contributed by atoms with E-state index in [0.29, 0.717) is 34.4 Å². The van der Waals surface area contributed by atoms with Gasteiger partial charge in [0.05, 0.1) is 31.3 Å². The first-order valence-corrected chi connectivity index (χ1v) is 8.23. The summed E-state index contributed by atoms with van der Waals surface area (Å²) < 4.78 is 11.6. The van der Waals surface area contributed by atoms with Gasteiger partial charge in [-0.2, -0.15) is 5.10 Å². The van der Waals surface area contributed by atoms with E-state index in [1.165, 1.54) is 13.3 Å². The molecule has 0 unspecified atom stereocenters. The van der Waals surface area contributed by atoms with Crippen molar-refractivity contribution >= 4 is 17.1 Å². The number of nitrogens with zero attached hydrogens (tertiary/aromatic N) is 2. The van der Waals surface area contributed by atoms with Crippen LogP contribution in [0.1, 0.15) is 11.1 Å². The predicted molar refractivity (Wildman–Crippen MR) is 105 cm³/mol. The minimum Gasteiger partial charge on any atom is -0.493 e. The summed E-state index contributed by atoms with van der Waals surface area (Å²) in [5, 5.41) is 4.45. The van der Waals surface area contributed by atoms with Gasteiger partial charge in [0.2, 0.25) is 0 Å². The molecule has 0 fully saturated rings. The van der Waals surface area contributed by atoms with Crippen LogP contribution in [0, 0.1) is 0 Å². The molecule has 3 rings (SSSR count). The first-order chi connectivity index (χ1) is 13.1. The number of hydrogen-bond donors (Lipinski definition) is 1. The van der Waals surface area contributed by atoms with Crippen molar-refractivity contribution in [3.8, 4) is 11.5 Å². The van der Waals surface area contributed by atoms with Gasteiger partial charge in [-0.1, -0.05) is 18.2 Å². The lowest BCUT2D eigenvalue weighted by molar-refractivity contribution is 0.352. The fraction of sp³-hybridized carbons (Fsp3) is 0.150. The largest absolute Gasteiger partial charge is 0.493 e. The van der Waals surface area contributed by atoms with Gasteiger partial charge < -0.3 is 14.5 Å². The molecule has 0 spiro atoms. The maximum absolute atomic E-state index is 12.5. The SMILES string of the molecule is C=CCc1cc(C=Nn2c(=O)[nH]c3ccccc3c2=O)cc(OC)c1OC. The fourth-order valence-corrected chi connectivity index (χ4v) is 2.83. The van der Waals surface area contributed by atoms with Gasteiger partial charge >= 0.3 is 5.69 Å². The van der Waals surface area contributed by atoms with Crippen molar-refractivity contribution in [2.45, 2.75) is 6.42 Å². The minimum absolute atomic E-state index is 0.383. The highest BCUT2D eigenvalue weighted by atomic mass is 16.5.